The molecular formula is C18H16N4O2. The van der Waals surface area contributed by atoms with Gasteiger partial charge in [-0.15, -0.1) is 0 Å². The van der Waals surface area contributed by atoms with Crippen LogP contribution in [0.4, 0.5) is 0 Å². The van der Waals surface area contributed by atoms with Crippen LogP contribution in [0.15, 0.2) is 59.7 Å². The van der Waals surface area contributed by atoms with E-state index in [4.69, 9.17) is 5.73 Å². The van der Waals surface area contributed by atoms with Gasteiger partial charge < -0.3 is 10.3 Å². The molecule has 6 nitrogen and oxygen atoms in total. The first-order valence-electron chi connectivity index (χ1n) is 7.35. The van der Waals surface area contributed by atoms with Gasteiger partial charge in [0.25, 0.3) is 0 Å². The van der Waals surface area contributed by atoms with Crippen LogP contribution in [0.3, 0.4) is 0 Å². The highest BCUT2D eigenvalue weighted by Crippen LogP contribution is 2.31. The lowest BCUT2D eigenvalue weighted by atomic mass is 10.1. The normalized spacial score (nSPS) is 11.0. The summed E-state index contributed by atoms with van der Waals surface area (Å²) in [7, 11) is 1.98. The Morgan fingerprint density at radius 3 is 2.46 bits per heavy atom. The predicted molar refractivity (Wildman–Crippen MR) is 93.3 cm³/mol. The van der Waals surface area contributed by atoms with Crippen LogP contribution in [-0.4, -0.2) is 22.6 Å². The Bertz CT molecular complexity index is 942. The zero-order chi connectivity index (χ0) is 17.1. The van der Waals surface area contributed by atoms with Gasteiger partial charge in [0.15, 0.2) is 0 Å². The molecule has 3 aromatic rings. The smallest absolute Gasteiger partial charge is 0.329 e. The number of amides is 2. The highest BCUT2D eigenvalue weighted by molar-refractivity contribution is 6.34. The topological polar surface area (TPSA) is 89.5 Å². The number of nitrogens with two attached hydrogens (primary N) is 1. The molecule has 24 heavy (non-hydrogen) atoms. The number of carbonyl (C=O) groups is 2. The molecule has 0 aliphatic rings. The molecule has 0 saturated heterocycles. The van der Waals surface area contributed by atoms with Crippen LogP contribution >= 0.6 is 0 Å². The molecule has 3 N–H and O–H groups in total. The van der Waals surface area contributed by atoms with Crippen LogP contribution in [0.5, 0.6) is 0 Å². The largest absolute Gasteiger partial charge is 0.361 e. The molecule has 0 radical (unpaired) electrons. The van der Waals surface area contributed by atoms with E-state index in [-0.39, 0.29) is 0 Å². The fourth-order valence-electron chi connectivity index (χ4n) is 2.71. The lowest BCUT2D eigenvalue weighted by Gasteiger charge is -2.06. The quantitative estimate of drug-likeness (QED) is 0.437. The second-order valence-corrected chi connectivity index (χ2v) is 5.27. The number of hydrogen-bond acceptors (Lipinski definition) is 3. The number of aromatic nitrogens is 1. The van der Waals surface area contributed by atoms with Gasteiger partial charge >= 0.3 is 11.8 Å². The van der Waals surface area contributed by atoms with Gasteiger partial charge in [0.05, 0.1) is 11.9 Å². The van der Waals surface area contributed by atoms with E-state index >= 15 is 0 Å². The van der Waals surface area contributed by atoms with E-state index in [0.29, 0.717) is 0 Å². The van der Waals surface area contributed by atoms with Gasteiger partial charge in [0, 0.05) is 23.5 Å². The number of hydrazone groups is 1. The third-order valence-corrected chi connectivity index (χ3v) is 3.78. The summed E-state index contributed by atoms with van der Waals surface area (Å²) in [4.78, 5) is 22.0. The first-order chi connectivity index (χ1) is 11.6. The number of rotatable bonds is 3. The van der Waals surface area contributed by atoms with Gasteiger partial charge in [0.1, 0.15) is 0 Å². The van der Waals surface area contributed by atoms with Crippen molar-refractivity contribution < 1.29 is 9.59 Å². The van der Waals surface area contributed by atoms with E-state index in [1.54, 1.807) is 0 Å². The standard InChI is InChI=1S/C18H16N4O2/c1-22-15-10-6-5-9-13(15)14(11-20-21-18(24)17(19)23)16(22)12-7-3-2-4-8-12/h2-11H,1H3,(H2,19,23)(H,21,24)/b20-11-. The Balaban J connectivity index is 2.13. The molecule has 3 rings (SSSR count). The Hall–Kier alpha value is -3.41. The van der Waals surface area contributed by atoms with Crippen LogP contribution in [0, 0.1) is 0 Å². The maximum absolute atomic E-state index is 11.3. The Labute approximate surface area is 138 Å². The van der Waals surface area contributed by atoms with Gasteiger partial charge in [-0.1, -0.05) is 48.5 Å². The van der Waals surface area contributed by atoms with Gasteiger partial charge in [-0.25, -0.2) is 5.43 Å². The summed E-state index contributed by atoms with van der Waals surface area (Å²) in [5, 5.41) is 4.87. The van der Waals surface area contributed by atoms with Crippen LogP contribution in [-0.2, 0) is 16.6 Å². The minimum Gasteiger partial charge on any atom is -0.361 e. The van der Waals surface area contributed by atoms with E-state index < -0.39 is 11.8 Å². The van der Waals surface area contributed by atoms with Crippen molar-refractivity contribution in [2.45, 2.75) is 0 Å². The zero-order valence-corrected chi connectivity index (χ0v) is 13.1. The summed E-state index contributed by atoms with van der Waals surface area (Å²) in [6, 6.07) is 17.8. The molecule has 0 fully saturated rings. The van der Waals surface area contributed by atoms with E-state index in [1.807, 2.05) is 61.6 Å². The Morgan fingerprint density at radius 1 is 1.08 bits per heavy atom. The average molecular weight is 320 g/mol. The molecule has 0 aliphatic carbocycles. The summed E-state index contributed by atoms with van der Waals surface area (Å²) in [6.45, 7) is 0. The summed E-state index contributed by atoms with van der Waals surface area (Å²) >= 11 is 0. The van der Waals surface area contributed by atoms with E-state index in [1.165, 1.54) is 6.21 Å². The first-order valence-corrected chi connectivity index (χ1v) is 7.35. The van der Waals surface area contributed by atoms with Gasteiger partial charge in [-0.2, -0.15) is 5.10 Å². The molecule has 0 saturated carbocycles. The van der Waals surface area contributed by atoms with Crippen molar-refractivity contribution in [2.24, 2.45) is 17.9 Å². The Morgan fingerprint density at radius 2 is 1.75 bits per heavy atom. The second-order valence-electron chi connectivity index (χ2n) is 5.27. The summed E-state index contributed by atoms with van der Waals surface area (Å²) in [6.07, 6.45) is 1.53. The maximum atomic E-state index is 11.3. The van der Waals surface area contributed by atoms with E-state index in [0.717, 1.165) is 27.7 Å². The van der Waals surface area contributed by atoms with Crippen LogP contribution in [0.1, 0.15) is 5.56 Å². The number of aryl methyl sites for hydroxylation is 1. The molecule has 0 atom stereocenters. The summed E-state index contributed by atoms with van der Waals surface area (Å²) in [5.74, 6) is -2.03. The zero-order valence-electron chi connectivity index (χ0n) is 13.1. The third-order valence-electron chi connectivity index (χ3n) is 3.78. The van der Waals surface area contributed by atoms with Gasteiger partial charge in [-0.3, -0.25) is 9.59 Å². The van der Waals surface area contributed by atoms with Crippen LogP contribution in [0.25, 0.3) is 22.2 Å². The molecule has 1 aromatic heterocycles. The summed E-state index contributed by atoms with van der Waals surface area (Å²) < 4.78 is 2.07. The number of nitrogens with one attached hydrogen (secondary N) is 1. The monoisotopic (exact) mass is 320 g/mol. The van der Waals surface area contributed by atoms with Crippen molar-refractivity contribution in [1.82, 2.24) is 9.99 Å². The number of primary amides is 1. The highest BCUT2D eigenvalue weighted by Gasteiger charge is 2.15. The summed E-state index contributed by atoms with van der Waals surface area (Å²) in [5.41, 5.74) is 10.9. The number of para-hydroxylation sites is 1. The number of nitrogens with zero attached hydrogens (tertiary/aromatic N) is 2. The second kappa shape index (κ2) is 6.37. The van der Waals surface area contributed by atoms with Gasteiger partial charge in [-0.05, 0) is 11.6 Å². The highest BCUT2D eigenvalue weighted by atomic mass is 16.2. The molecule has 2 aromatic carbocycles. The molecule has 0 bridgehead atoms. The minimum atomic E-state index is -1.08. The Kier molecular flexibility index (Phi) is 4.11. The number of fused-ring (bicyclic) bond motifs is 1. The molecule has 120 valence electrons. The fraction of sp³-hybridized carbons (Fsp3) is 0.0556. The van der Waals surface area contributed by atoms with Crippen molar-refractivity contribution in [3.05, 3.63) is 60.2 Å². The third kappa shape index (κ3) is 2.77. The lowest BCUT2D eigenvalue weighted by molar-refractivity contribution is -0.137. The molecule has 0 aliphatic heterocycles. The minimum absolute atomic E-state index is 0.851. The average Bonchev–Trinajstić information content (AvgIpc) is 2.88. The predicted octanol–water partition coefficient (Wildman–Crippen LogP) is 1.78. The maximum Gasteiger partial charge on any atom is 0.329 e. The van der Waals surface area contributed by atoms with Crippen molar-refractivity contribution in [1.29, 1.82) is 0 Å². The van der Waals surface area contributed by atoms with E-state index in [2.05, 4.69) is 15.1 Å². The van der Waals surface area contributed by atoms with E-state index in [9.17, 15) is 9.59 Å². The molecular weight excluding hydrogens is 304 g/mol. The first kappa shape index (κ1) is 15.5. The van der Waals surface area contributed by atoms with Crippen molar-refractivity contribution in [3.8, 4) is 11.3 Å². The molecule has 2 amide bonds. The molecule has 1 heterocycles. The number of hydrogen-bond donors (Lipinski definition) is 2. The number of benzene rings is 2. The molecule has 0 spiro atoms. The fourth-order valence-corrected chi connectivity index (χ4v) is 2.71. The van der Waals surface area contributed by atoms with Crippen LogP contribution < -0.4 is 11.2 Å². The SMILES string of the molecule is Cn1c(-c2ccccc2)c(/C=N\NC(=O)C(N)=O)c2ccccc21. The molecule has 6 heteroatoms. The lowest BCUT2D eigenvalue weighted by Crippen LogP contribution is -2.32. The van der Waals surface area contributed by atoms with Crippen LogP contribution in [0.2, 0.25) is 0 Å². The molecule has 0 unspecified atom stereocenters. The van der Waals surface area contributed by atoms with Gasteiger partial charge in [0.2, 0.25) is 0 Å². The number of carbonyl (C=O) groups excluding carboxylic acids is 2. The van der Waals surface area contributed by atoms with Crippen molar-refractivity contribution >= 4 is 28.9 Å². The van der Waals surface area contributed by atoms with Crippen molar-refractivity contribution in [2.75, 3.05) is 0 Å². The van der Waals surface area contributed by atoms with Crippen molar-refractivity contribution in [3.63, 3.8) is 0 Å².